The van der Waals surface area contributed by atoms with Gasteiger partial charge in [-0.25, -0.2) is 9.78 Å². The normalized spacial score (nSPS) is 16.9. The smallest absolute Gasteiger partial charge is 0.335 e. The molecule has 2 N–H and O–H groups in total. The lowest BCUT2D eigenvalue weighted by atomic mass is 10.1. The molecule has 1 aromatic heterocycles. The second-order valence-electron chi connectivity index (χ2n) is 6.39. The third-order valence-electron chi connectivity index (χ3n) is 4.65. The molecule has 0 amide bonds. The van der Waals surface area contributed by atoms with Crippen LogP contribution in [0.3, 0.4) is 0 Å². The van der Waals surface area contributed by atoms with Crippen LogP contribution in [-0.4, -0.2) is 28.6 Å². The second-order valence-corrected chi connectivity index (χ2v) is 6.82. The van der Waals surface area contributed by atoms with E-state index in [1.165, 1.54) is 12.8 Å². The lowest BCUT2D eigenvalue weighted by molar-refractivity contribution is 0.0696. The molecule has 3 rings (SSSR count). The molecule has 2 aromatic rings. The van der Waals surface area contributed by atoms with Crippen LogP contribution in [0.25, 0.3) is 0 Å². The minimum atomic E-state index is -0.924. The Hall–Kier alpha value is -2.27. The summed E-state index contributed by atoms with van der Waals surface area (Å²) in [5.74, 6) is 0.622. The number of hydrogen-bond acceptors (Lipinski definition) is 4. The van der Waals surface area contributed by atoms with Gasteiger partial charge in [-0.1, -0.05) is 18.5 Å². The van der Waals surface area contributed by atoms with Crippen LogP contribution in [0.2, 0.25) is 5.02 Å². The Kier molecular flexibility index (Phi) is 5.13. The van der Waals surface area contributed by atoms with E-state index in [4.69, 9.17) is 21.7 Å². The first-order valence-electron chi connectivity index (χ1n) is 8.53. The number of aryl methyl sites for hydroxylation is 1. The molecule has 1 atom stereocenters. The molecule has 1 aliphatic heterocycles. The van der Waals surface area contributed by atoms with E-state index >= 15 is 0 Å². The van der Waals surface area contributed by atoms with Crippen molar-refractivity contribution in [2.24, 2.45) is 0 Å². The average Bonchev–Trinajstić information content (AvgIpc) is 3.02. The third kappa shape index (κ3) is 3.87. The molecule has 1 saturated heterocycles. The molecule has 6 heteroatoms. The van der Waals surface area contributed by atoms with Crippen molar-refractivity contribution in [2.75, 3.05) is 16.8 Å². The summed E-state index contributed by atoms with van der Waals surface area (Å²) in [4.78, 5) is 18.2. The first kappa shape index (κ1) is 17.5. The number of nitrogens with zero attached hydrogens (tertiary/aromatic N) is 2. The van der Waals surface area contributed by atoms with E-state index in [9.17, 15) is 4.79 Å². The monoisotopic (exact) mass is 359 g/mol. The summed E-state index contributed by atoms with van der Waals surface area (Å²) in [6.07, 6.45) is 3.45. The zero-order valence-corrected chi connectivity index (χ0v) is 15.2. The van der Waals surface area contributed by atoms with Crippen LogP contribution in [0.5, 0.6) is 0 Å². The van der Waals surface area contributed by atoms with Gasteiger partial charge in [0.15, 0.2) is 0 Å². The van der Waals surface area contributed by atoms with Gasteiger partial charge in [0.05, 0.1) is 5.56 Å². The Bertz CT molecular complexity index is 794. The number of hydrogen-bond donors (Lipinski definition) is 2. The highest BCUT2D eigenvalue weighted by Gasteiger charge is 2.24. The molecule has 1 aromatic carbocycles. The van der Waals surface area contributed by atoms with Crippen LogP contribution in [0.15, 0.2) is 30.3 Å². The number of anilines is 3. The van der Waals surface area contributed by atoms with Gasteiger partial charge >= 0.3 is 5.97 Å². The first-order valence-corrected chi connectivity index (χ1v) is 8.91. The highest BCUT2D eigenvalue weighted by molar-refractivity contribution is 6.31. The van der Waals surface area contributed by atoms with E-state index in [1.807, 2.05) is 6.07 Å². The molecule has 0 spiro atoms. The Morgan fingerprint density at radius 3 is 2.88 bits per heavy atom. The van der Waals surface area contributed by atoms with Crippen molar-refractivity contribution in [3.05, 3.63) is 46.5 Å². The lowest BCUT2D eigenvalue weighted by Gasteiger charge is -2.25. The number of benzene rings is 1. The predicted octanol–water partition coefficient (Wildman–Crippen LogP) is 4.86. The number of pyridine rings is 1. The Labute approximate surface area is 152 Å². The quantitative estimate of drug-likeness (QED) is 0.797. The standard InChI is InChI=1S/C19H22ClN3O2/c1-3-15-5-4-8-23(15)18-11-13(20)10-17(22-18)21-14-6-7-16(19(24)25)12(2)9-14/h6-7,9-11,15H,3-5,8H2,1-2H3,(H,21,22)(H,24,25)/t15-/m0/s1. The SMILES string of the molecule is CC[C@H]1CCCN1c1cc(Cl)cc(Nc2ccc(C(=O)O)c(C)c2)n1. The summed E-state index contributed by atoms with van der Waals surface area (Å²) < 4.78 is 0. The number of aromatic nitrogens is 1. The molecule has 1 aliphatic rings. The van der Waals surface area contributed by atoms with Crippen LogP contribution in [0.1, 0.15) is 42.1 Å². The van der Waals surface area contributed by atoms with Crippen LogP contribution >= 0.6 is 11.6 Å². The van der Waals surface area contributed by atoms with E-state index in [1.54, 1.807) is 31.2 Å². The summed E-state index contributed by atoms with van der Waals surface area (Å²) in [7, 11) is 0. The highest BCUT2D eigenvalue weighted by Crippen LogP contribution is 2.30. The molecule has 0 unspecified atom stereocenters. The van der Waals surface area contributed by atoms with E-state index in [0.29, 0.717) is 28.0 Å². The van der Waals surface area contributed by atoms with Crippen molar-refractivity contribution in [1.82, 2.24) is 4.98 Å². The molecular weight excluding hydrogens is 338 g/mol. The zero-order valence-electron chi connectivity index (χ0n) is 14.4. The number of aromatic carboxylic acids is 1. The molecule has 0 bridgehead atoms. The summed E-state index contributed by atoms with van der Waals surface area (Å²) >= 11 is 6.30. The summed E-state index contributed by atoms with van der Waals surface area (Å²) in [6, 6.07) is 9.33. The number of carboxylic acid groups (broad SMARTS) is 1. The van der Waals surface area contributed by atoms with Crippen molar-refractivity contribution in [1.29, 1.82) is 0 Å². The maximum atomic E-state index is 11.1. The van der Waals surface area contributed by atoms with Gasteiger partial charge in [0.25, 0.3) is 0 Å². The molecular formula is C19H22ClN3O2. The van der Waals surface area contributed by atoms with Crippen molar-refractivity contribution in [3.63, 3.8) is 0 Å². The molecule has 0 radical (unpaired) electrons. The average molecular weight is 360 g/mol. The van der Waals surface area contributed by atoms with E-state index < -0.39 is 5.97 Å². The maximum Gasteiger partial charge on any atom is 0.335 e. The van der Waals surface area contributed by atoms with Gasteiger partial charge in [0, 0.05) is 23.3 Å². The van der Waals surface area contributed by atoms with Gasteiger partial charge in [-0.3, -0.25) is 0 Å². The number of nitrogens with one attached hydrogen (secondary N) is 1. The van der Waals surface area contributed by atoms with E-state index in [-0.39, 0.29) is 0 Å². The fourth-order valence-electron chi connectivity index (χ4n) is 3.39. The molecule has 2 heterocycles. The molecule has 1 fully saturated rings. The largest absolute Gasteiger partial charge is 0.478 e. The fraction of sp³-hybridized carbons (Fsp3) is 0.368. The van der Waals surface area contributed by atoms with Crippen LogP contribution in [0.4, 0.5) is 17.3 Å². The fourth-order valence-corrected chi connectivity index (χ4v) is 3.59. The number of rotatable bonds is 5. The molecule has 25 heavy (non-hydrogen) atoms. The minimum absolute atomic E-state index is 0.299. The Balaban J connectivity index is 1.86. The molecule has 0 aliphatic carbocycles. The van der Waals surface area contributed by atoms with Gasteiger partial charge in [0.2, 0.25) is 0 Å². The summed E-state index contributed by atoms with van der Waals surface area (Å²) in [5.41, 5.74) is 1.79. The van der Waals surface area contributed by atoms with Gasteiger partial charge in [-0.05, 0) is 62.1 Å². The Morgan fingerprint density at radius 1 is 1.40 bits per heavy atom. The van der Waals surface area contributed by atoms with Crippen LogP contribution in [0, 0.1) is 6.92 Å². The number of halogens is 1. The molecule has 132 valence electrons. The van der Waals surface area contributed by atoms with Crippen LogP contribution in [-0.2, 0) is 0 Å². The second kappa shape index (κ2) is 7.31. The van der Waals surface area contributed by atoms with Crippen molar-refractivity contribution in [3.8, 4) is 0 Å². The topological polar surface area (TPSA) is 65.5 Å². The Morgan fingerprint density at radius 2 is 2.20 bits per heavy atom. The summed E-state index contributed by atoms with van der Waals surface area (Å²) in [6.45, 7) is 4.97. The zero-order chi connectivity index (χ0) is 18.0. The minimum Gasteiger partial charge on any atom is -0.478 e. The van der Waals surface area contributed by atoms with E-state index in [0.717, 1.165) is 24.5 Å². The summed E-state index contributed by atoms with van der Waals surface area (Å²) in [5, 5.41) is 13.0. The van der Waals surface area contributed by atoms with Crippen molar-refractivity contribution < 1.29 is 9.90 Å². The maximum absolute atomic E-state index is 11.1. The van der Waals surface area contributed by atoms with Gasteiger partial charge < -0.3 is 15.3 Å². The lowest BCUT2D eigenvalue weighted by Crippen LogP contribution is -2.29. The van der Waals surface area contributed by atoms with Crippen molar-refractivity contribution in [2.45, 2.75) is 39.2 Å². The van der Waals surface area contributed by atoms with Gasteiger partial charge in [0.1, 0.15) is 11.6 Å². The molecule has 0 saturated carbocycles. The highest BCUT2D eigenvalue weighted by atomic mass is 35.5. The predicted molar refractivity (Wildman–Crippen MR) is 101 cm³/mol. The molecule has 5 nitrogen and oxygen atoms in total. The van der Waals surface area contributed by atoms with Gasteiger partial charge in [-0.15, -0.1) is 0 Å². The van der Waals surface area contributed by atoms with Crippen molar-refractivity contribution >= 4 is 34.9 Å². The number of carboxylic acids is 1. The third-order valence-corrected chi connectivity index (χ3v) is 4.87. The number of carbonyl (C=O) groups is 1. The van der Waals surface area contributed by atoms with Gasteiger partial charge in [-0.2, -0.15) is 0 Å². The van der Waals surface area contributed by atoms with Crippen LogP contribution < -0.4 is 10.2 Å². The van der Waals surface area contributed by atoms with E-state index in [2.05, 4.69) is 17.1 Å². The first-order chi connectivity index (χ1) is 12.0.